The van der Waals surface area contributed by atoms with Crippen LogP contribution in [0.3, 0.4) is 0 Å². The fourth-order valence-electron chi connectivity index (χ4n) is 11.2. The van der Waals surface area contributed by atoms with E-state index in [1.54, 1.807) is 0 Å². The van der Waals surface area contributed by atoms with Gasteiger partial charge in [-0.3, -0.25) is 0 Å². The first-order valence-corrected chi connectivity index (χ1v) is 20.1. The molecule has 9 aromatic rings. The van der Waals surface area contributed by atoms with Crippen LogP contribution >= 0.6 is 0 Å². The lowest BCUT2D eigenvalue weighted by Gasteiger charge is -2.28. The molecule has 0 saturated heterocycles. The quantitative estimate of drug-likeness (QED) is 0.152. The van der Waals surface area contributed by atoms with E-state index >= 15 is 0 Å². The van der Waals surface area contributed by atoms with Gasteiger partial charge in [-0.2, -0.15) is 0 Å². The van der Waals surface area contributed by atoms with Crippen LogP contribution in [0.15, 0.2) is 164 Å². The highest BCUT2D eigenvalue weighted by atomic mass is 14.4. The second-order valence-corrected chi connectivity index (χ2v) is 16.2. The van der Waals surface area contributed by atoms with Crippen molar-refractivity contribution in [3.05, 3.63) is 197 Å². The lowest BCUT2D eigenvalue weighted by Crippen LogP contribution is -2.13. The Morgan fingerprint density at radius 3 is 0.764 bits per heavy atom. The van der Waals surface area contributed by atoms with Crippen LogP contribution in [0.2, 0.25) is 0 Å². The lowest BCUT2D eigenvalue weighted by molar-refractivity contribution is 0.381. The predicted molar refractivity (Wildman–Crippen MR) is 237 cm³/mol. The summed E-state index contributed by atoms with van der Waals surface area (Å²) in [4.78, 5) is 0. The molecule has 0 aliphatic heterocycles. The standard InChI is InChI=1S/C55H40/c1-4-19-44-38(13-1)41-16-7-10-22-47(41)53-35(25-28-50(44)53)31-34(32-36-26-29-51-45-20-5-2-14-39(45)42-17-8-11-23-48(42)54(36)51)33-37-27-30-52-46-21-6-3-15-40(46)43-18-9-12-24-49(43)55(37)52/h1-30,34-37H,31-33H2. The highest BCUT2D eigenvalue weighted by Crippen LogP contribution is 2.51. The SMILES string of the molecule is C1=CC(CC(CC2C=Cc3c2c2ccccc2c2ccccc32)CC2C=Cc3c2c2ccccc2c2ccccc32)c2c1c1ccccc1c1ccccc21. The highest BCUT2D eigenvalue weighted by Gasteiger charge is 2.33. The summed E-state index contributed by atoms with van der Waals surface area (Å²) >= 11 is 0. The van der Waals surface area contributed by atoms with Crippen molar-refractivity contribution in [2.45, 2.75) is 37.0 Å². The van der Waals surface area contributed by atoms with Crippen LogP contribution in [0.4, 0.5) is 0 Å². The van der Waals surface area contributed by atoms with E-state index < -0.39 is 0 Å². The Kier molecular flexibility index (Phi) is 6.87. The Labute approximate surface area is 321 Å². The van der Waals surface area contributed by atoms with Gasteiger partial charge in [-0.05, 0) is 123 Å². The maximum atomic E-state index is 2.54. The Morgan fingerprint density at radius 2 is 0.491 bits per heavy atom. The molecule has 0 heterocycles. The fraction of sp³-hybridized carbons (Fsp3) is 0.127. The lowest BCUT2D eigenvalue weighted by atomic mass is 9.76. The van der Waals surface area contributed by atoms with Crippen molar-refractivity contribution in [2.24, 2.45) is 5.92 Å². The number of rotatable bonds is 6. The van der Waals surface area contributed by atoms with E-state index in [1.165, 1.54) is 98.0 Å². The molecule has 0 spiro atoms. The van der Waals surface area contributed by atoms with Gasteiger partial charge >= 0.3 is 0 Å². The first-order valence-electron chi connectivity index (χ1n) is 20.1. The van der Waals surface area contributed by atoms with E-state index in [0.717, 1.165) is 19.3 Å². The molecule has 9 aromatic carbocycles. The minimum absolute atomic E-state index is 0.367. The van der Waals surface area contributed by atoms with E-state index in [1.807, 2.05) is 0 Å². The first-order chi connectivity index (χ1) is 27.3. The smallest absolute Gasteiger partial charge is 0.00362 e. The Balaban J connectivity index is 1.00. The molecule has 0 fully saturated rings. The summed E-state index contributed by atoms with van der Waals surface area (Å²) in [6.45, 7) is 0. The van der Waals surface area contributed by atoms with E-state index in [9.17, 15) is 0 Å². The van der Waals surface area contributed by atoms with Crippen LogP contribution in [0.5, 0.6) is 0 Å². The van der Waals surface area contributed by atoms with E-state index in [4.69, 9.17) is 0 Å². The van der Waals surface area contributed by atoms with Gasteiger partial charge in [0.2, 0.25) is 0 Å². The van der Waals surface area contributed by atoms with E-state index in [0.29, 0.717) is 23.7 Å². The Hall–Kier alpha value is -6.24. The third kappa shape index (κ3) is 4.64. The molecule has 0 radical (unpaired) electrons. The molecule has 260 valence electrons. The summed E-state index contributed by atoms with van der Waals surface area (Å²) in [5.74, 6) is 1.59. The van der Waals surface area contributed by atoms with Crippen LogP contribution in [-0.2, 0) is 0 Å². The van der Waals surface area contributed by atoms with Crippen molar-refractivity contribution in [1.82, 2.24) is 0 Å². The molecule has 12 rings (SSSR count). The monoisotopic (exact) mass is 700 g/mol. The Morgan fingerprint density at radius 1 is 0.273 bits per heavy atom. The third-order valence-electron chi connectivity index (χ3n) is 13.4. The predicted octanol–water partition coefficient (Wildman–Crippen LogP) is 15.1. The van der Waals surface area contributed by atoms with Crippen molar-refractivity contribution < 1.29 is 0 Å². The van der Waals surface area contributed by atoms with Gasteiger partial charge in [0.15, 0.2) is 0 Å². The van der Waals surface area contributed by atoms with Crippen LogP contribution in [0.25, 0.3) is 82.9 Å². The maximum Gasteiger partial charge on any atom is 0.00362 e. The number of hydrogen-bond acceptors (Lipinski definition) is 0. The number of fused-ring (bicyclic) bond motifs is 18. The van der Waals surface area contributed by atoms with Crippen molar-refractivity contribution >= 4 is 82.9 Å². The minimum Gasteiger partial charge on any atom is -0.0763 e. The topological polar surface area (TPSA) is 0 Å². The molecule has 0 saturated carbocycles. The minimum atomic E-state index is 0.367. The second kappa shape index (κ2) is 12.1. The van der Waals surface area contributed by atoms with Crippen molar-refractivity contribution in [3.8, 4) is 0 Å². The zero-order chi connectivity index (χ0) is 36.0. The summed E-state index contributed by atoms with van der Waals surface area (Å²) in [7, 11) is 0. The van der Waals surface area contributed by atoms with Gasteiger partial charge in [0.1, 0.15) is 0 Å². The average Bonchev–Trinajstić information content (AvgIpc) is 3.99. The van der Waals surface area contributed by atoms with Gasteiger partial charge in [-0.1, -0.05) is 182 Å². The summed E-state index contributed by atoms with van der Waals surface area (Å²) < 4.78 is 0. The fourth-order valence-corrected chi connectivity index (χ4v) is 11.2. The molecule has 3 unspecified atom stereocenters. The molecule has 0 nitrogen and oxygen atoms in total. The van der Waals surface area contributed by atoms with Crippen LogP contribution in [-0.4, -0.2) is 0 Å². The van der Waals surface area contributed by atoms with Gasteiger partial charge in [0.25, 0.3) is 0 Å². The molecular weight excluding hydrogens is 661 g/mol. The van der Waals surface area contributed by atoms with Gasteiger partial charge in [-0.15, -0.1) is 0 Å². The second-order valence-electron chi connectivity index (χ2n) is 16.2. The first kappa shape index (κ1) is 31.1. The summed E-state index contributed by atoms with van der Waals surface area (Å²) in [6.07, 6.45) is 18.3. The van der Waals surface area contributed by atoms with Crippen molar-refractivity contribution in [1.29, 1.82) is 0 Å². The van der Waals surface area contributed by atoms with Crippen molar-refractivity contribution in [3.63, 3.8) is 0 Å². The number of allylic oxidation sites excluding steroid dienone is 3. The molecule has 3 aliphatic carbocycles. The largest absolute Gasteiger partial charge is 0.0763 e. The zero-order valence-electron chi connectivity index (χ0n) is 30.8. The molecule has 0 aromatic heterocycles. The maximum absolute atomic E-state index is 2.54. The highest BCUT2D eigenvalue weighted by molar-refractivity contribution is 6.16. The zero-order valence-corrected chi connectivity index (χ0v) is 30.8. The Bertz CT molecular complexity index is 2810. The van der Waals surface area contributed by atoms with Crippen LogP contribution in [0.1, 0.15) is 70.4 Å². The number of hydrogen-bond donors (Lipinski definition) is 0. The summed E-state index contributed by atoms with van der Waals surface area (Å²) in [5.41, 5.74) is 8.84. The normalized spacial score (nSPS) is 18.7. The van der Waals surface area contributed by atoms with Gasteiger partial charge in [0, 0.05) is 17.8 Å². The average molecular weight is 701 g/mol. The molecule has 0 N–H and O–H groups in total. The molecule has 3 aliphatic rings. The molecular formula is C55H40. The third-order valence-corrected chi connectivity index (χ3v) is 13.4. The molecule has 3 atom stereocenters. The molecule has 0 amide bonds. The van der Waals surface area contributed by atoms with E-state index in [-0.39, 0.29) is 0 Å². The van der Waals surface area contributed by atoms with Crippen LogP contribution in [0, 0.1) is 5.92 Å². The van der Waals surface area contributed by atoms with Gasteiger partial charge in [0.05, 0.1) is 0 Å². The summed E-state index contributed by atoms with van der Waals surface area (Å²) in [6, 6.07) is 54.5. The van der Waals surface area contributed by atoms with Crippen LogP contribution < -0.4 is 0 Å². The van der Waals surface area contributed by atoms with Gasteiger partial charge in [-0.25, -0.2) is 0 Å². The molecule has 0 bridgehead atoms. The van der Waals surface area contributed by atoms with Gasteiger partial charge < -0.3 is 0 Å². The molecule has 55 heavy (non-hydrogen) atoms. The number of benzene rings is 9. The van der Waals surface area contributed by atoms with E-state index in [2.05, 4.69) is 182 Å². The molecule has 0 heteroatoms. The van der Waals surface area contributed by atoms with Crippen molar-refractivity contribution in [2.75, 3.05) is 0 Å². The summed E-state index contributed by atoms with van der Waals surface area (Å²) in [5, 5.41) is 16.6.